The number of rotatable bonds is 3. The number of hydrogen-bond donors (Lipinski definition) is 0. The summed E-state index contributed by atoms with van der Waals surface area (Å²) in [5.74, 6) is 0.535. The number of hydrogen-bond acceptors (Lipinski definition) is 4. The van der Waals surface area contributed by atoms with E-state index in [1.165, 1.54) is 23.4 Å². The van der Waals surface area contributed by atoms with E-state index in [-0.39, 0.29) is 18.0 Å². The number of carbonyl (C=O) groups excluding carboxylic acids is 1. The van der Waals surface area contributed by atoms with Crippen LogP contribution in [0, 0.1) is 5.92 Å². The summed E-state index contributed by atoms with van der Waals surface area (Å²) in [5.41, 5.74) is 0.479. The molecule has 2 aromatic rings. The number of likely N-dealkylation sites (tertiary alicyclic amines) is 1. The summed E-state index contributed by atoms with van der Waals surface area (Å²) in [5, 5.41) is 1.95. The zero-order valence-corrected chi connectivity index (χ0v) is 13.4. The van der Waals surface area contributed by atoms with Gasteiger partial charge in [0.05, 0.1) is 16.9 Å². The summed E-state index contributed by atoms with van der Waals surface area (Å²) in [4.78, 5) is 31.6. The van der Waals surface area contributed by atoms with Crippen LogP contribution in [0.4, 0.5) is 0 Å². The van der Waals surface area contributed by atoms with Crippen LogP contribution >= 0.6 is 11.3 Å². The van der Waals surface area contributed by atoms with Crippen molar-refractivity contribution in [2.24, 2.45) is 5.92 Å². The highest BCUT2D eigenvalue weighted by molar-refractivity contribution is 7.13. The van der Waals surface area contributed by atoms with Gasteiger partial charge in [0.25, 0.3) is 5.56 Å². The van der Waals surface area contributed by atoms with Crippen molar-refractivity contribution in [2.75, 3.05) is 13.1 Å². The molecular weight excluding hydrogens is 298 g/mol. The average molecular weight is 317 g/mol. The molecule has 0 bridgehead atoms. The molecule has 22 heavy (non-hydrogen) atoms. The van der Waals surface area contributed by atoms with Crippen molar-refractivity contribution in [3.63, 3.8) is 0 Å². The Kier molecular flexibility index (Phi) is 4.38. The van der Waals surface area contributed by atoms with Gasteiger partial charge in [-0.05, 0) is 30.2 Å². The van der Waals surface area contributed by atoms with Crippen LogP contribution in [0.15, 0.2) is 34.7 Å². The smallest absolute Gasteiger partial charge is 0.254 e. The Bertz CT molecular complexity index is 708. The SMILES string of the molecule is CC1CCCN(C(=O)Cn2cnc(-c3cccs3)cc2=O)C1. The molecule has 6 heteroatoms. The van der Waals surface area contributed by atoms with Gasteiger partial charge < -0.3 is 4.90 Å². The lowest BCUT2D eigenvalue weighted by atomic mass is 10.0. The molecule has 0 radical (unpaired) electrons. The first-order valence-electron chi connectivity index (χ1n) is 7.51. The van der Waals surface area contributed by atoms with Crippen LogP contribution in [0.1, 0.15) is 19.8 Å². The molecule has 0 aromatic carbocycles. The van der Waals surface area contributed by atoms with Crippen LogP contribution in [0.3, 0.4) is 0 Å². The highest BCUT2D eigenvalue weighted by Crippen LogP contribution is 2.20. The Hall–Kier alpha value is -1.95. The van der Waals surface area contributed by atoms with Gasteiger partial charge in [0.15, 0.2) is 0 Å². The largest absolute Gasteiger partial charge is 0.341 e. The minimum absolute atomic E-state index is 0.000626. The molecule has 3 rings (SSSR count). The zero-order valence-electron chi connectivity index (χ0n) is 12.6. The molecule has 1 aliphatic rings. The van der Waals surface area contributed by atoms with Crippen LogP contribution in [0.25, 0.3) is 10.6 Å². The minimum atomic E-state index is -0.184. The van der Waals surface area contributed by atoms with Gasteiger partial charge in [-0.2, -0.15) is 0 Å². The third-order valence-corrected chi connectivity index (χ3v) is 4.86. The Morgan fingerprint density at radius 3 is 3.05 bits per heavy atom. The fourth-order valence-electron chi connectivity index (χ4n) is 2.77. The van der Waals surface area contributed by atoms with E-state index in [1.54, 1.807) is 11.3 Å². The zero-order chi connectivity index (χ0) is 15.5. The minimum Gasteiger partial charge on any atom is -0.341 e. The van der Waals surface area contributed by atoms with Crippen LogP contribution < -0.4 is 5.56 Å². The molecule has 2 aromatic heterocycles. The molecule has 0 aliphatic carbocycles. The van der Waals surface area contributed by atoms with Gasteiger partial charge in [-0.3, -0.25) is 14.2 Å². The molecule has 116 valence electrons. The molecule has 3 heterocycles. The van der Waals surface area contributed by atoms with Crippen molar-refractivity contribution in [1.29, 1.82) is 0 Å². The maximum absolute atomic E-state index is 12.3. The number of piperidine rings is 1. The monoisotopic (exact) mass is 317 g/mol. The van der Waals surface area contributed by atoms with E-state index in [2.05, 4.69) is 11.9 Å². The first kappa shape index (κ1) is 15.0. The number of aromatic nitrogens is 2. The quantitative estimate of drug-likeness (QED) is 0.872. The Morgan fingerprint density at radius 1 is 1.50 bits per heavy atom. The lowest BCUT2D eigenvalue weighted by Crippen LogP contribution is -2.42. The molecule has 5 nitrogen and oxygen atoms in total. The second-order valence-electron chi connectivity index (χ2n) is 5.80. The summed E-state index contributed by atoms with van der Waals surface area (Å²) in [6.45, 7) is 3.80. The van der Waals surface area contributed by atoms with Crippen molar-refractivity contribution in [1.82, 2.24) is 14.5 Å². The summed E-state index contributed by atoms with van der Waals surface area (Å²) >= 11 is 1.54. The third kappa shape index (κ3) is 3.27. The Morgan fingerprint density at radius 2 is 2.36 bits per heavy atom. The van der Waals surface area contributed by atoms with E-state index in [9.17, 15) is 9.59 Å². The molecule has 1 amide bonds. The van der Waals surface area contributed by atoms with Crippen molar-refractivity contribution in [3.8, 4) is 10.6 Å². The molecule has 1 fully saturated rings. The first-order valence-corrected chi connectivity index (χ1v) is 8.39. The van der Waals surface area contributed by atoms with Crippen molar-refractivity contribution >= 4 is 17.2 Å². The van der Waals surface area contributed by atoms with Gasteiger partial charge in [-0.15, -0.1) is 11.3 Å². The van der Waals surface area contributed by atoms with Crippen LogP contribution in [-0.4, -0.2) is 33.4 Å². The second kappa shape index (κ2) is 6.44. The van der Waals surface area contributed by atoms with E-state index in [1.807, 2.05) is 22.4 Å². The highest BCUT2D eigenvalue weighted by Gasteiger charge is 2.21. The van der Waals surface area contributed by atoms with Gasteiger partial charge in [-0.1, -0.05) is 13.0 Å². The summed E-state index contributed by atoms with van der Waals surface area (Å²) in [7, 11) is 0. The van der Waals surface area contributed by atoms with E-state index in [0.717, 1.165) is 24.4 Å². The molecule has 0 spiro atoms. The highest BCUT2D eigenvalue weighted by atomic mass is 32.1. The van der Waals surface area contributed by atoms with Crippen molar-refractivity contribution in [3.05, 3.63) is 40.3 Å². The fraction of sp³-hybridized carbons (Fsp3) is 0.438. The van der Waals surface area contributed by atoms with Crippen molar-refractivity contribution in [2.45, 2.75) is 26.3 Å². The van der Waals surface area contributed by atoms with Crippen LogP contribution in [-0.2, 0) is 11.3 Å². The summed E-state index contributed by atoms with van der Waals surface area (Å²) in [6.07, 6.45) is 3.68. The fourth-order valence-corrected chi connectivity index (χ4v) is 3.46. The van der Waals surface area contributed by atoms with E-state index >= 15 is 0 Å². The topological polar surface area (TPSA) is 55.2 Å². The molecule has 0 N–H and O–H groups in total. The number of thiophene rings is 1. The maximum atomic E-state index is 12.3. The third-order valence-electron chi connectivity index (χ3n) is 3.97. The molecule has 1 saturated heterocycles. The summed E-state index contributed by atoms with van der Waals surface area (Å²) < 4.78 is 1.39. The maximum Gasteiger partial charge on any atom is 0.254 e. The van der Waals surface area contributed by atoms with Crippen molar-refractivity contribution < 1.29 is 4.79 Å². The number of nitrogens with zero attached hydrogens (tertiary/aromatic N) is 3. The normalized spacial score (nSPS) is 18.4. The molecular formula is C16H19N3O2S. The number of carbonyl (C=O) groups is 1. The van der Waals surface area contributed by atoms with Gasteiger partial charge >= 0.3 is 0 Å². The predicted octanol–water partition coefficient (Wildman–Crippen LogP) is 2.23. The van der Waals surface area contributed by atoms with Gasteiger partial charge in [-0.25, -0.2) is 4.98 Å². The van der Waals surface area contributed by atoms with Crippen LogP contribution in [0.2, 0.25) is 0 Å². The molecule has 0 saturated carbocycles. The molecule has 1 atom stereocenters. The lowest BCUT2D eigenvalue weighted by Gasteiger charge is -2.31. The Labute approximate surface area is 133 Å². The van der Waals surface area contributed by atoms with E-state index in [4.69, 9.17) is 0 Å². The standard InChI is InChI=1S/C16H19N3O2S/c1-12-4-2-6-18(9-12)16(21)10-19-11-17-13(8-15(19)20)14-5-3-7-22-14/h3,5,7-8,11-12H,2,4,6,9-10H2,1H3. The molecule has 1 unspecified atom stereocenters. The lowest BCUT2D eigenvalue weighted by molar-refractivity contribution is -0.133. The van der Waals surface area contributed by atoms with Gasteiger partial charge in [0.1, 0.15) is 6.54 Å². The predicted molar refractivity (Wildman–Crippen MR) is 86.8 cm³/mol. The van der Waals surface area contributed by atoms with Gasteiger partial charge in [0.2, 0.25) is 5.91 Å². The van der Waals surface area contributed by atoms with Crippen LogP contribution in [0.5, 0.6) is 0 Å². The number of amides is 1. The van der Waals surface area contributed by atoms with E-state index < -0.39 is 0 Å². The van der Waals surface area contributed by atoms with Gasteiger partial charge in [0, 0.05) is 19.2 Å². The second-order valence-corrected chi connectivity index (χ2v) is 6.75. The average Bonchev–Trinajstić information content (AvgIpc) is 3.03. The van der Waals surface area contributed by atoms with E-state index in [0.29, 0.717) is 11.6 Å². The molecule has 1 aliphatic heterocycles. The first-order chi connectivity index (χ1) is 10.6. The Balaban J connectivity index is 1.73. The summed E-state index contributed by atoms with van der Waals surface area (Å²) in [6, 6.07) is 5.35.